The maximum atomic E-state index is 12.6. The zero-order chi connectivity index (χ0) is 22.7. The number of hydrogen-bond acceptors (Lipinski definition) is 4. The summed E-state index contributed by atoms with van der Waals surface area (Å²) in [5, 5.41) is 13.2. The number of nitrogens with one attached hydrogen (secondary N) is 1. The molecule has 1 aliphatic carbocycles. The molecule has 6 nitrogen and oxygen atoms in total. The number of aryl methyl sites for hydroxylation is 3. The van der Waals surface area contributed by atoms with E-state index in [9.17, 15) is 9.59 Å². The van der Waals surface area contributed by atoms with Crippen molar-refractivity contribution in [2.24, 2.45) is 11.8 Å². The van der Waals surface area contributed by atoms with Crippen molar-refractivity contribution in [1.82, 2.24) is 5.32 Å². The molecule has 1 aliphatic rings. The molecule has 0 spiro atoms. The number of fused-ring (bicyclic) bond motifs is 1. The van der Waals surface area contributed by atoms with Gasteiger partial charge in [-0.1, -0.05) is 0 Å². The second-order valence-corrected chi connectivity index (χ2v) is 8.60. The highest BCUT2D eigenvalue weighted by atomic mass is 16.5. The summed E-state index contributed by atoms with van der Waals surface area (Å²) >= 11 is 0. The van der Waals surface area contributed by atoms with Crippen LogP contribution in [0.25, 0.3) is 16.5 Å². The first kappa shape index (κ1) is 22.9. The Balaban J connectivity index is 1.76. The zero-order valence-corrected chi connectivity index (χ0v) is 19.1. The van der Waals surface area contributed by atoms with E-state index in [1.165, 1.54) is 0 Å². The molecule has 6 heteroatoms. The van der Waals surface area contributed by atoms with Gasteiger partial charge in [0, 0.05) is 29.1 Å². The number of ether oxygens (including phenoxy) is 1. The fourth-order valence-electron chi connectivity index (χ4n) is 4.42. The Labute approximate surface area is 183 Å². The van der Waals surface area contributed by atoms with Crippen LogP contribution in [0.5, 0.6) is 5.75 Å². The lowest BCUT2D eigenvalue weighted by atomic mass is 9.82. The highest BCUT2D eigenvalue weighted by Gasteiger charge is 2.26. The van der Waals surface area contributed by atoms with E-state index in [-0.39, 0.29) is 11.8 Å². The maximum Gasteiger partial charge on any atom is 0.306 e. The van der Waals surface area contributed by atoms with Crippen molar-refractivity contribution in [3.8, 4) is 5.75 Å². The van der Waals surface area contributed by atoms with E-state index in [1.807, 2.05) is 40.7 Å². The van der Waals surface area contributed by atoms with Gasteiger partial charge in [-0.05, 0) is 83.4 Å². The van der Waals surface area contributed by atoms with Crippen LogP contribution in [0.4, 0.5) is 0 Å². The smallest absolute Gasteiger partial charge is 0.306 e. The van der Waals surface area contributed by atoms with Crippen molar-refractivity contribution in [2.45, 2.75) is 60.3 Å². The van der Waals surface area contributed by atoms with E-state index in [1.54, 1.807) is 6.08 Å². The van der Waals surface area contributed by atoms with Gasteiger partial charge in [-0.3, -0.25) is 9.59 Å². The molecule has 0 aliphatic heterocycles. The van der Waals surface area contributed by atoms with Crippen molar-refractivity contribution in [2.75, 3.05) is 13.2 Å². The number of carbonyl (C=O) groups is 2. The Kier molecular flexibility index (Phi) is 7.08. The molecular formula is C25H33NO5. The van der Waals surface area contributed by atoms with Crippen molar-refractivity contribution in [1.29, 1.82) is 0 Å². The number of carboxylic acid groups (broad SMARTS) is 1. The Morgan fingerprint density at radius 1 is 1.19 bits per heavy atom. The Morgan fingerprint density at radius 3 is 2.48 bits per heavy atom. The van der Waals surface area contributed by atoms with Gasteiger partial charge in [-0.15, -0.1) is 0 Å². The first-order valence-electron chi connectivity index (χ1n) is 11.1. The van der Waals surface area contributed by atoms with Gasteiger partial charge in [-0.25, -0.2) is 0 Å². The summed E-state index contributed by atoms with van der Waals surface area (Å²) in [4.78, 5) is 23.7. The topological polar surface area (TPSA) is 88.8 Å². The molecule has 0 radical (unpaired) electrons. The number of aliphatic carboxylic acids is 1. The number of carboxylic acids is 1. The lowest BCUT2D eigenvalue weighted by molar-refractivity contribution is -0.143. The summed E-state index contributed by atoms with van der Waals surface area (Å²) in [5.74, 6) is 0.883. The van der Waals surface area contributed by atoms with Crippen LogP contribution in [-0.2, 0) is 9.59 Å². The largest absolute Gasteiger partial charge is 0.493 e. The summed E-state index contributed by atoms with van der Waals surface area (Å²) in [6.45, 7) is 10.9. The number of hydrogen-bond donors (Lipinski definition) is 2. The van der Waals surface area contributed by atoms with E-state index < -0.39 is 5.97 Å². The molecule has 1 amide bonds. The molecule has 1 fully saturated rings. The first-order valence-corrected chi connectivity index (χ1v) is 11.1. The predicted molar refractivity (Wildman–Crippen MR) is 121 cm³/mol. The summed E-state index contributed by atoms with van der Waals surface area (Å²) in [5.41, 5.74) is 4.59. The molecule has 2 aromatic rings. The molecule has 0 saturated heterocycles. The number of rotatable bonds is 7. The Bertz CT molecular complexity index is 1010. The van der Waals surface area contributed by atoms with Gasteiger partial charge in [0.1, 0.15) is 17.1 Å². The van der Waals surface area contributed by atoms with Crippen molar-refractivity contribution >= 4 is 28.4 Å². The standard InChI is InChI=1S/C25H33NO5/c1-6-30-23-16(4)24-21(15(3)17(5)31-24)12-20(23)14(2)11-22(27)26-13-18-7-9-19(10-8-18)25(28)29/h11-12,18-19H,6-10,13H2,1-5H3,(H,26,27)(H,28,29)/b14-11+. The third-order valence-corrected chi connectivity index (χ3v) is 6.47. The predicted octanol–water partition coefficient (Wildman–Crippen LogP) is 5.17. The molecule has 3 rings (SSSR count). The molecule has 1 heterocycles. The minimum Gasteiger partial charge on any atom is -0.493 e. The van der Waals surface area contributed by atoms with Gasteiger partial charge in [-0.2, -0.15) is 0 Å². The maximum absolute atomic E-state index is 12.6. The summed E-state index contributed by atoms with van der Waals surface area (Å²) < 4.78 is 11.9. The highest BCUT2D eigenvalue weighted by Crippen LogP contribution is 2.39. The van der Waals surface area contributed by atoms with E-state index in [2.05, 4.69) is 5.32 Å². The third-order valence-electron chi connectivity index (χ3n) is 6.47. The van der Waals surface area contributed by atoms with Crippen molar-refractivity contribution in [3.05, 3.63) is 34.6 Å². The molecule has 0 bridgehead atoms. The molecule has 0 unspecified atom stereocenters. The molecule has 0 atom stereocenters. The quantitative estimate of drug-likeness (QED) is 0.595. The van der Waals surface area contributed by atoms with Crippen LogP contribution in [0.3, 0.4) is 0 Å². The number of benzene rings is 1. The summed E-state index contributed by atoms with van der Waals surface area (Å²) in [6.07, 6.45) is 4.66. The van der Waals surface area contributed by atoms with Crippen LogP contribution in [0.15, 0.2) is 16.6 Å². The number of furan rings is 1. The van der Waals surface area contributed by atoms with Gasteiger partial charge in [0.2, 0.25) is 5.91 Å². The monoisotopic (exact) mass is 427 g/mol. The van der Waals surface area contributed by atoms with Crippen LogP contribution in [0, 0.1) is 32.6 Å². The molecular weight excluding hydrogens is 394 g/mol. The van der Waals surface area contributed by atoms with Gasteiger partial charge in [0.25, 0.3) is 0 Å². The van der Waals surface area contributed by atoms with Crippen LogP contribution in [0.1, 0.15) is 62.0 Å². The minimum absolute atomic E-state index is 0.141. The summed E-state index contributed by atoms with van der Waals surface area (Å²) in [7, 11) is 0. The lowest BCUT2D eigenvalue weighted by Gasteiger charge is -2.26. The fourth-order valence-corrected chi connectivity index (χ4v) is 4.42. The van der Waals surface area contributed by atoms with Crippen LogP contribution in [-0.4, -0.2) is 30.1 Å². The highest BCUT2D eigenvalue weighted by molar-refractivity contribution is 5.98. The lowest BCUT2D eigenvalue weighted by Crippen LogP contribution is -2.31. The molecule has 168 valence electrons. The van der Waals surface area contributed by atoms with Crippen molar-refractivity contribution in [3.63, 3.8) is 0 Å². The molecule has 1 aromatic heterocycles. The van der Waals surface area contributed by atoms with Gasteiger partial charge >= 0.3 is 5.97 Å². The van der Waals surface area contributed by atoms with E-state index in [0.29, 0.717) is 31.9 Å². The SMILES string of the molecule is CCOc1c(/C(C)=C/C(=O)NCC2CCC(C(=O)O)CC2)cc2c(C)c(C)oc2c1C. The van der Waals surface area contributed by atoms with Crippen LogP contribution < -0.4 is 10.1 Å². The van der Waals surface area contributed by atoms with Crippen LogP contribution in [0.2, 0.25) is 0 Å². The fraction of sp³-hybridized carbons (Fsp3) is 0.520. The van der Waals surface area contributed by atoms with Gasteiger partial charge < -0.3 is 19.6 Å². The normalized spacial score (nSPS) is 19.5. The number of allylic oxidation sites excluding steroid dienone is 1. The van der Waals surface area contributed by atoms with E-state index >= 15 is 0 Å². The Morgan fingerprint density at radius 2 is 1.87 bits per heavy atom. The molecule has 31 heavy (non-hydrogen) atoms. The average Bonchev–Trinajstić information content (AvgIpc) is 3.03. The average molecular weight is 428 g/mol. The summed E-state index contributed by atoms with van der Waals surface area (Å²) in [6, 6.07) is 2.05. The van der Waals surface area contributed by atoms with E-state index in [4.69, 9.17) is 14.3 Å². The van der Waals surface area contributed by atoms with Gasteiger partial charge in [0.05, 0.1) is 12.5 Å². The first-order chi connectivity index (χ1) is 14.7. The van der Waals surface area contributed by atoms with E-state index in [0.717, 1.165) is 57.6 Å². The molecule has 1 saturated carbocycles. The second kappa shape index (κ2) is 9.58. The second-order valence-electron chi connectivity index (χ2n) is 8.60. The van der Waals surface area contributed by atoms with Gasteiger partial charge in [0.15, 0.2) is 0 Å². The zero-order valence-electron chi connectivity index (χ0n) is 19.1. The molecule has 1 aromatic carbocycles. The third kappa shape index (κ3) is 4.94. The minimum atomic E-state index is -0.707. The Hall–Kier alpha value is -2.76. The number of amides is 1. The molecule has 2 N–H and O–H groups in total. The van der Waals surface area contributed by atoms with Crippen molar-refractivity contribution < 1.29 is 23.8 Å². The number of carbonyl (C=O) groups excluding carboxylic acids is 1. The van der Waals surface area contributed by atoms with Crippen LogP contribution >= 0.6 is 0 Å².